The predicted molar refractivity (Wildman–Crippen MR) is 68.6 cm³/mol. The number of rotatable bonds is 4. The number of hydrogen-bond donors (Lipinski definition) is 1. The summed E-state index contributed by atoms with van der Waals surface area (Å²) < 4.78 is 5.30. The van der Waals surface area contributed by atoms with Gasteiger partial charge < -0.3 is 10.5 Å². The third-order valence-electron chi connectivity index (χ3n) is 2.79. The summed E-state index contributed by atoms with van der Waals surface area (Å²) in [6.07, 6.45) is 1.25. The molecule has 1 heterocycles. The van der Waals surface area contributed by atoms with Crippen molar-refractivity contribution in [3.05, 3.63) is 18.2 Å². The minimum atomic E-state index is -0.211. The van der Waals surface area contributed by atoms with Gasteiger partial charge in [0.05, 0.1) is 12.2 Å². The largest absolute Gasteiger partial charge is 0.482 e. The van der Waals surface area contributed by atoms with Crippen LogP contribution in [0.3, 0.4) is 0 Å². The zero-order valence-electron chi connectivity index (χ0n) is 10.3. The minimum Gasteiger partial charge on any atom is -0.482 e. The monoisotopic (exact) mass is 248 g/mol. The average Bonchev–Trinajstić information content (AvgIpc) is 2.33. The minimum absolute atomic E-state index is 0.0314. The summed E-state index contributed by atoms with van der Waals surface area (Å²) in [6.45, 7) is 1.99. The lowest BCUT2D eigenvalue weighted by Gasteiger charge is -2.29. The van der Waals surface area contributed by atoms with E-state index in [1.165, 1.54) is 4.90 Å². The van der Waals surface area contributed by atoms with Gasteiger partial charge in [-0.1, -0.05) is 6.92 Å². The van der Waals surface area contributed by atoms with Crippen molar-refractivity contribution in [3.63, 3.8) is 0 Å². The lowest BCUT2D eigenvalue weighted by molar-refractivity contribution is -0.124. The molecule has 1 aromatic rings. The first-order valence-electron chi connectivity index (χ1n) is 5.96. The Kier molecular flexibility index (Phi) is 3.50. The Morgan fingerprint density at radius 1 is 1.50 bits per heavy atom. The molecule has 0 saturated carbocycles. The summed E-state index contributed by atoms with van der Waals surface area (Å²) in [6, 6.07) is 5.08. The number of carbonyl (C=O) groups excluding carboxylic acids is 2. The van der Waals surface area contributed by atoms with Crippen molar-refractivity contribution in [1.82, 2.24) is 0 Å². The Balaban J connectivity index is 2.27. The van der Waals surface area contributed by atoms with Crippen LogP contribution in [-0.2, 0) is 9.59 Å². The molecule has 18 heavy (non-hydrogen) atoms. The zero-order chi connectivity index (χ0) is 13.1. The third-order valence-corrected chi connectivity index (χ3v) is 2.79. The van der Waals surface area contributed by atoms with Crippen molar-refractivity contribution in [1.29, 1.82) is 0 Å². The molecule has 2 N–H and O–H groups in total. The van der Waals surface area contributed by atoms with Gasteiger partial charge in [-0.15, -0.1) is 0 Å². The number of nitrogen functional groups attached to an aromatic ring is 1. The number of nitrogens with zero attached hydrogens (tertiary/aromatic N) is 1. The smallest absolute Gasteiger partial charge is 0.265 e. The predicted octanol–water partition coefficient (Wildman–Crippen LogP) is 1.36. The van der Waals surface area contributed by atoms with Crippen molar-refractivity contribution >= 4 is 23.1 Å². The maximum Gasteiger partial charge on any atom is 0.265 e. The van der Waals surface area contributed by atoms with Gasteiger partial charge in [-0.3, -0.25) is 14.5 Å². The fourth-order valence-electron chi connectivity index (χ4n) is 1.93. The average molecular weight is 248 g/mol. The fraction of sp³-hybridized carbons (Fsp3) is 0.385. The summed E-state index contributed by atoms with van der Waals surface area (Å²) in [7, 11) is 0. The molecule has 96 valence electrons. The van der Waals surface area contributed by atoms with Gasteiger partial charge in [-0.05, 0) is 24.6 Å². The SMILES string of the molecule is CCCC(=O)CN1C(=O)COc2ccc(N)cc21. The maximum atomic E-state index is 11.8. The summed E-state index contributed by atoms with van der Waals surface area (Å²) in [5.74, 6) is 0.423. The van der Waals surface area contributed by atoms with Gasteiger partial charge in [0.1, 0.15) is 5.75 Å². The normalized spacial score (nSPS) is 14.1. The van der Waals surface area contributed by atoms with E-state index in [0.717, 1.165) is 6.42 Å². The molecule has 1 amide bonds. The molecule has 0 aliphatic carbocycles. The van der Waals surface area contributed by atoms with E-state index in [0.29, 0.717) is 23.5 Å². The number of amides is 1. The summed E-state index contributed by atoms with van der Waals surface area (Å²) >= 11 is 0. The Morgan fingerprint density at radius 3 is 3.00 bits per heavy atom. The Labute approximate surface area is 106 Å². The van der Waals surface area contributed by atoms with E-state index in [1.54, 1.807) is 18.2 Å². The molecule has 0 radical (unpaired) electrons. The zero-order valence-corrected chi connectivity index (χ0v) is 10.3. The first-order chi connectivity index (χ1) is 8.61. The van der Waals surface area contributed by atoms with Crippen LogP contribution >= 0.6 is 0 Å². The van der Waals surface area contributed by atoms with E-state index in [2.05, 4.69) is 0 Å². The molecule has 5 heteroatoms. The number of nitrogens with two attached hydrogens (primary N) is 1. The Morgan fingerprint density at radius 2 is 2.28 bits per heavy atom. The molecule has 1 aromatic carbocycles. The third kappa shape index (κ3) is 2.45. The highest BCUT2D eigenvalue weighted by Crippen LogP contribution is 2.33. The van der Waals surface area contributed by atoms with Crippen LogP contribution in [0.15, 0.2) is 18.2 Å². The van der Waals surface area contributed by atoms with E-state index in [9.17, 15) is 9.59 Å². The van der Waals surface area contributed by atoms with Crippen molar-refractivity contribution in [2.75, 3.05) is 23.8 Å². The summed E-state index contributed by atoms with van der Waals surface area (Å²) in [5, 5.41) is 0. The second-order valence-corrected chi connectivity index (χ2v) is 4.28. The highest BCUT2D eigenvalue weighted by Gasteiger charge is 2.27. The van der Waals surface area contributed by atoms with Crippen LogP contribution in [0.4, 0.5) is 11.4 Å². The van der Waals surface area contributed by atoms with E-state index >= 15 is 0 Å². The van der Waals surface area contributed by atoms with Crippen molar-refractivity contribution in [2.24, 2.45) is 0 Å². The molecular formula is C13H16N2O3. The number of Topliss-reactive ketones (excluding diaryl/α,β-unsaturated/α-hetero) is 1. The van der Waals surface area contributed by atoms with Crippen LogP contribution in [0, 0.1) is 0 Å². The van der Waals surface area contributed by atoms with E-state index < -0.39 is 0 Å². The van der Waals surface area contributed by atoms with Gasteiger partial charge in [0.15, 0.2) is 12.4 Å². The van der Waals surface area contributed by atoms with Gasteiger partial charge in [-0.25, -0.2) is 0 Å². The number of benzene rings is 1. The van der Waals surface area contributed by atoms with Gasteiger partial charge in [0, 0.05) is 12.1 Å². The molecule has 0 atom stereocenters. The molecule has 0 bridgehead atoms. The molecule has 0 spiro atoms. The van der Waals surface area contributed by atoms with Gasteiger partial charge in [0.25, 0.3) is 5.91 Å². The Bertz CT molecular complexity index is 485. The van der Waals surface area contributed by atoms with E-state index in [4.69, 9.17) is 10.5 Å². The number of ketones is 1. The van der Waals surface area contributed by atoms with Crippen LogP contribution < -0.4 is 15.4 Å². The van der Waals surface area contributed by atoms with Crippen LogP contribution in [0.2, 0.25) is 0 Å². The standard InChI is InChI=1S/C13H16N2O3/c1-2-3-10(16)7-15-11-6-9(14)4-5-12(11)18-8-13(15)17/h4-6H,2-3,7-8,14H2,1H3. The van der Waals surface area contributed by atoms with E-state index in [-0.39, 0.29) is 24.8 Å². The maximum absolute atomic E-state index is 11.8. The quantitative estimate of drug-likeness (QED) is 0.817. The Hall–Kier alpha value is -2.04. The van der Waals surface area contributed by atoms with Gasteiger partial charge in [-0.2, -0.15) is 0 Å². The second kappa shape index (κ2) is 5.08. The van der Waals surface area contributed by atoms with Crippen molar-refractivity contribution in [2.45, 2.75) is 19.8 Å². The molecule has 5 nitrogen and oxygen atoms in total. The molecular weight excluding hydrogens is 232 g/mol. The van der Waals surface area contributed by atoms with E-state index in [1.807, 2.05) is 6.92 Å². The van der Waals surface area contributed by atoms with Crippen LogP contribution in [0.5, 0.6) is 5.75 Å². The first-order valence-corrected chi connectivity index (χ1v) is 5.96. The van der Waals surface area contributed by atoms with Gasteiger partial charge in [0.2, 0.25) is 0 Å². The summed E-state index contributed by atoms with van der Waals surface area (Å²) in [4.78, 5) is 25.0. The van der Waals surface area contributed by atoms with Crippen molar-refractivity contribution in [3.8, 4) is 5.75 Å². The lowest BCUT2D eigenvalue weighted by atomic mass is 10.1. The first kappa shape index (κ1) is 12.4. The number of fused-ring (bicyclic) bond motifs is 1. The number of anilines is 2. The summed E-state index contributed by atoms with van der Waals surface area (Å²) in [5.41, 5.74) is 6.82. The molecule has 2 rings (SSSR count). The molecule has 0 unspecified atom stereocenters. The van der Waals surface area contributed by atoms with Gasteiger partial charge >= 0.3 is 0 Å². The second-order valence-electron chi connectivity index (χ2n) is 4.28. The highest BCUT2D eigenvalue weighted by atomic mass is 16.5. The molecule has 0 saturated heterocycles. The lowest BCUT2D eigenvalue weighted by Crippen LogP contribution is -2.42. The highest BCUT2D eigenvalue weighted by molar-refractivity contribution is 6.02. The number of carbonyl (C=O) groups is 2. The number of hydrogen-bond acceptors (Lipinski definition) is 4. The van der Waals surface area contributed by atoms with Crippen LogP contribution in [0.25, 0.3) is 0 Å². The fourth-order valence-corrected chi connectivity index (χ4v) is 1.93. The van der Waals surface area contributed by atoms with Crippen LogP contribution in [-0.4, -0.2) is 24.8 Å². The molecule has 1 aliphatic rings. The van der Waals surface area contributed by atoms with Crippen molar-refractivity contribution < 1.29 is 14.3 Å². The molecule has 0 fully saturated rings. The molecule has 0 aromatic heterocycles. The topological polar surface area (TPSA) is 72.6 Å². The molecule has 1 aliphatic heterocycles. The van der Waals surface area contributed by atoms with Crippen LogP contribution in [0.1, 0.15) is 19.8 Å². The number of ether oxygens (including phenoxy) is 1.